The van der Waals surface area contributed by atoms with Gasteiger partial charge in [0.1, 0.15) is 0 Å². The molecule has 0 fully saturated rings. The number of amides is 1. The summed E-state index contributed by atoms with van der Waals surface area (Å²) in [5.74, 6) is -0.275. The van der Waals surface area contributed by atoms with E-state index in [1.165, 1.54) is 24.4 Å². The van der Waals surface area contributed by atoms with E-state index in [-0.39, 0.29) is 17.0 Å². The van der Waals surface area contributed by atoms with E-state index < -0.39 is 17.4 Å². The largest absolute Gasteiger partial charge is 0.477 e. The van der Waals surface area contributed by atoms with Gasteiger partial charge >= 0.3 is 5.69 Å². The molecule has 40 heavy (non-hydrogen) atoms. The minimum Gasteiger partial charge on any atom is -0.477 e. The zero-order chi connectivity index (χ0) is 28.1. The molecule has 1 amide bonds. The van der Waals surface area contributed by atoms with Gasteiger partial charge in [-0.1, -0.05) is 54.1 Å². The third-order valence-corrected chi connectivity index (χ3v) is 6.03. The molecule has 0 aliphatic heterocycles. The van der Waals surface area contributed by atoms with Gasteiger partial charge < -0.3 is 10.1 Å². The first kappa shape index (κ1) is 26.3. The number of nitro benzene ring substituents is 1. The normalized spacial score (nSPS) is 11.0. The Morgan fingerprint density at radius 1 is 1.02 bits per heavy atom. The number of carbonyl (C=O) groups excluding carboxylic acids is 1. The molecule has 0 atom stereocenters. The average Bonchev–Trinajstić information content (AvgIpc) is 2.97. The molecular formula is C29H20ClN5O5. The van der Waals surface area contributed by atoms with Crippen molar-refractivity contribution in [2.75, 3.05) is 11.9 Å². The number of nitro groups is 1. The number of hydrogen-bond acceptors (Lipinski definition) is 7. The molecule has 0 saturated heterocycles. The molecule has 1 N–H and O–H groups in total. The highest BCUT2D eigenvalue weighted by molar-refractivity contribution is 6.30. The standard InChI is InChI=1S/C29H20ClN5O5/c30-21-11-13-22(14-12-21)32-27(36)18-40-26-15-10-19(16-25(26)35(38)39)17-31-34-28(20-6-2-1-3-7-20)33-24-9-5-4-8-23(24)29(34)37/h1-17H,18H2,(H,32,36). The maximum absolute atomic E-state index is 13.3. The Morgan fingerprint density at radius 2 is 1.75 bits per heavy atom. The number of hydrogen-bond donors (Lipinski definition) is 1. The van der Waals surface area contributed by atoms with Crippen LogP contribution in [0.25, 0.3) is 22.3 Å². The molecule has 0 aliphatic rings. The van der Waals surface area contributed by atoms with Crippen molar-refractivity contribution in [1.29, 1.82) is 0 Å². The van der Waals surface area contributed by atoms with E-state index >= 15 is 0 Å². The maximum Gasteiger partial charge on any atom is 0.311 e. The Labute approximate surface area is 232 Å². The van der Waals surface area contributed by atoms with Crippen LogP contribution in [0.5, 0.6) is 5.75 Å². The molecule has 4 aromatic carbocycles. The van der Waals surface area contributed by atoms with Gasteiger partial charge in [-0.05, 0) is 48.5 Å². The molecule has 0 radical (unpaired) electrons. The fourth-order valence-electron chi connectivity index (χ4n) is 3.88. The molecule has 0 bridgehead atoms. The summed E-state index contributed by atoms with van der Waals surface area (Å²) in [5.41, 5.74) is 1.29. The Hall–Kier alpha value is -5.35. The number of nitrogens with zero attached hydrogens (tertiary/aromatic N) is 4. The summed E-state index contributed by atoms with van der Waals surface area (Å²) < 4.78 is 6.59. The molecule has 0 unspecified atom stereocenters. The number of carbonyl (C=O) groups is 1. The van der Waals surface area contributed by atoms with Crippen LogP contribution < -0.4 is 15.6 Å². The van der Waals surface area contributed by atoms with Gasteiger partial charge in [-0.15, -0.1) is 0 Å². The first-order valence-corrected chi connectivity index (χ1v) is 12.3. The second-order valence-corrected chi connectivity index (χ2v) is 8.94. The van der Waals surface area contributed by atoms with Gasteiger partial charge in [0.2, 0.25) is 0 Å². The number of benzene rings is 4. The van der Waals surface area contributed by atoms with Gasteiger partial charge in [0.15, 0.2) is 18.2 Å². The first-order chi connectivity index (χ1) is 19.4. The highest BCUT2D eigenvalue weighted by Gasteiger charge is 2.18. The van der Waals surface area contributed by atoms with Gasteiger partial charge in [-0.3, -0.25) is 19.7 Å². The molecule has 10 nitrogen and oxygen atoms in total. The van der Waals surface area contributed by atoms with Crippen LogP contribution >= 0.6 is 11.6 Å². The lowest BCUT2D eigenvalue weighted by molar-refractivity contribution is -0.385. The van der Waals surface area contributed by atoms with Crippen LogP contribution in [0.15, 0.2) is 107 Å². The summed E-state index contributed by atoms with van der Waals surface area (Å²) in [4.78, 5) is 41.3. The van der Waals surface area contributed by atoms with Crippen molar-refractivity contribution in [3.8, 4) is 17.1 Å². The predicted octanol–water partition coefficient (Wildman–Crippen LogP) is 5.52. The fraction of sp³-hybridized carbons (Fsp3) is 0.0345. The van der Waals surface area contributed by atoms with Crippen LogP contribution in [0.1, 0.15) is 5.56 Å². The highest BCUT2D eigenvalue weighted by atomic mass is 35.5. The van der Waals surface area contributed by atoms with Crippen molar-refractivity contribution in [1.82, 2.24) is 9.66 Å². The summed E-state index contributed by atoms with van der Waals surface area (Å²) in [6, 6.07) is 26.7. The number of aromatic nitrogens is 2. The number of anilines is 1. The molecular weight excluding hydrogens is 534 g/mol. The lowest BCUT2D eigenvalue weighted by Gasteiger charge is -2.10. The minimum atomic E-state index is -0.622. The third kappa shape index (κ3) is 5.87. The Morgan fingerprint density at radius 3 is 2.50 bits per heavy atom. The quantitative estimate of drug-likeness (QED) is 0.153. The van der Waals surface area contributed by atoms with Crippen molar-refractivity contribution >= 4 is 46.0 Å². The van der Waals surface area contributed by atoms with Gasteiger partial charge in [-0.25, -0.2) is 4.98 Å². The second kappa shape index (κ2) is 11.6. The molecule has 1 aromatic heterocycles. The summed E-state index contributed by atoms with van der Waals surface area (Å²) >= 11 is 5.84. The SMILES string of the molecule is O=C(COc1ccc(C=Nn2c(-c3ccccc3)nc3ccccc3c2=O)cc1[N+](=O)[O-])Nc1ccc(Cl)cc1. The number of fused-ring (bicyclic) bond motifs is 1. The average molecular weight is 554 g/mol. The van der Waals surface area contributed by atoms with Crippen LogP contribution in [0, 0.1) is 10.1 Å². The first-order valence-electron chi connectivity index (χ1n) is 12.0. The van der Waals surface area contributed by atoms with E-state index in [0.717, 1.165) is 4.68 Å². The van der Waals surface area contributed by atoms with Crippen LogP contribution in [-0.4, -0.2) is 33.3 Å². The van der Waals surface area contributed by atoms with Crippen LogP contribution in [0.4, 0.5) is 11.4 Å². The number of ether oxygens (including phenoxy) is 1. The van der Waals surface area contributed by atoms with Crippen LogP contribution in [-0.2, 0) is 4.79 Å². The lowest BCUT2D eigenvalue weighted by Crippen LogP contribution is -2.20. The summed E-state index contributed by atoms with van der Waals surface area (Å²) in [6.07, 6.45) is 1.33. The maximum atomic E-state index is 13.3. The molecule has 0 aliphatic carbocycles. The van der Waals surface area contributed by atoms with Gasteiger partial charge in [0, 0.05) is 27.9 Å². The molecule has 11 heteroatoms. The lowest BCUT2D eigenvalue weighted by atomic mass is 10.2. The Bertz CT molecular complexity index is 1800. The summed E-state index contributed by atoms with van der Waals surface area (Å²) in [5, 5.41) is 19.6. The highest BCUT2D eigenvalue weighted by Crippen LogP contribution is 2.28. The molecule has 5 rings (SSSR count). The van der Waals surface area contributed by atoms with E-state index in [9.17, 15) is 19.7 Å². The minimum absolute atomic E-state index is 0.0945. The topological polar surface area (TPSA) is 129 Å². The van der Waals surface area contributed by atoms with Crippen molar-refractivity contribution in [3.63, 3.8) is 0 Å². The second-order valence-electron chi connectivity index (χ2n) is 8.51. The molecule has 198 valence electrons. The fourth-order valence-corrected chi connectivity index (χ4v) is 4.01. The Kier molecular flexibility index (Phi) is 7.61. The predicted molar refractivity (Wildman–Crippen MR) is 153 cm³/mol. The summed E-state index contributed by atoms with van der Waals surface area (Å²) in [6.45, 7) is -0.449. The number of para-hydroxylation sites is 1. The van der Waals surface area contributed by atoms with Crippen molar-refractivity contribution in [2.24, 2.45) is 5.10 Å². The summed E-state index contributed by atoms with van der Waals surface area (Å²) in [7, 11) is 0. The molecule has 1 heterocycles. The van der Waals surface area contributed by atoms with Gasteiger partial charge in [0.05, 0.1) is 22.0 Å². The van der Waals surface area contributed by atoms with Crippen molar-refractivity contribution in [2.45, 2.75) is 0 Å². The van der Waals surface area contributed by atoms with E-state index in [0.29, 0.717) is 38.6 Å². The molecule has 0 saturated carbocycles. The van der Waals surface area contributed by atoms with Crippen molar-refractivity contribution in [3.05, 3.63) is 128 Å². The van der Waals surface area contributed by atoms with E-state index in [1.54, 1.807) is 48.5 Å². The van der Waals surface area contributed by atoms with E-state index in [4.69, 9.17) is 16.3 Å². The van der Waals surface area contributed by atoms with Gasteiger partial charge in [-0.2, -0.15) is 9.78 Å². The zero-order valence-electron chi connectivity index (χ0n) is 20.7. The van der Waals surface area contributed by atoms with E-state index in [1.807, 2.05) is 30.3 Å². The van der Waals surface area contributed by atoms with Crippen LogP contribution in [0.2, 0.25) is 5.02 Å². The number of rotatable bonds is 8. The third-order valence-electron chi connectivity index (χ3n) is 5.77. The number of nitrogens with one attached hydrogen (secondary N) is 1. The number of halogens is 1. The monoisotopic (exact) mass is 553 g/mol. The van der Waals surface area contributed by atoms with Crippen molar-refractivity contribution < 1.29 is 14.5 Å². The van der Waals surface area contributed by atoms with Gasteiger partial charge in [0.25, 0.3) is 11.5 Å². The molecule has 0 spiro atoms. The van der Waals surface area contributed by atoms with E-state index in [2.05, 4.69) is 15.4 Å². The van der Waals surface area contributed by atoms with Crippen LogP contribution in [0.3, 0.4) is 0 Å². The Balaban J connectivity index is 1.41. The molecule has 5 aromatic rings. The zero-order valence-corrected chi connectivity index (χ0v) is 21.5. The smallest absolute Gasteiger partial charge is 0.311 e.